The van der Waals surface area contributed by atoms with Gasteiger partial charge < -0.3 is 9.16 Å². The van der Waals surface area contributed by atoms with Crippen LogP contribution >= 0.6 is 0 Å². The summed E-state index contributed by atoms with van der Waals surface area (Å²) in [5, 5.41) is 0.138. The number of hydrogen-bond acceptors (Lipinski definition) is 4. The van der Waals surface area contributed by atoms with Crippen molar-refractivity contribution in [3.05, 3.63) is 23.4 Å². The summed E-state index contributed by atoms with van der Waals surface area (Å²) >= 11 is 0. The Balaban J connectivity index is 2.14. The van der Waals surface area contributed by atoms with Gasteiger partial charge in [-0.2, -0.15) is 0 Å². The Morgan fingerprint density at radius 1 is 1.20 bits per heavy atom. The Kier molecular flexibility index (Phi) is 5.09. The van der Waals surface area contributed by atoms with E-state index >= 15 is 0 Å². The Labute approximate surface area is 152 Å². The minimum absolute atomic E-state index is 0.0577. The van der Waals surface area contributed by atoms with Gasteiger partial charge in [-0.3, -0.25) is 4.79 Å². The minimum atomic E-state index is -1.87. The molecule has 0 aromatic rings. The maximum Gasteiger partial charge on any atom is 0.422 e. The van der Waals surface area contributed by atoms with Crippen molar-refractivity contribution < 1.29 is 18.8 Å². The monoisotopic (exact) mass is 365 g/mol. The molecule has 2 amide bonds. The van der Waals surface area contributed by atoms with Crippen molar-refractivity contribution in [1.29, 1.82) is 0 Å². The third-order valence-electron chi connectivity index (χ3n) is 4.95. The van der Waals surface area contributed by atoms with Gasteiger partial charge in [0.15, 0.2) is 8.32 Å². The zero-order chi connectivity index (χ0) is 19.2. The highest BCUT2D eigenvalue weighted by molar-refractivity contribution is 6.74. The first-order chi connectivity index (χ1) is 11.2. The Hall–Kier alpha value is -1.40. The summed E-state index contributed by atoms with van der Waals surface area (Å²) in [5.74, 6) is -0.330. The van der Waals surface area contributed by atoms with Crippen molar-refractivity contribution in [2.45, 2.75) is 84.2 Å². The van der Waals surface area contributed by atoms with E-state index in [-0.39, 0.29) is 17.0 Å². The fraction of sp³-hybridized carbons (Fsp3) is 0.684. The number of nitrogens with zero attached hydrogens (tertiary/aromatic N) is 1. The van der Waals surface area contributed by atoms with Crippen LogP contribution in [0.2, 0.25) is 18.1 Å². The van der Waals surface area contributed by atoms with Crippen LogP contribution in [0.4, 0.5) is 4.79 Å². The van der Waals surface area contributed by atoms with E-state index in [0.717, 1.165) is 10.5 Å². The number of rotatable bonds is 2. The molecule has 2 rings (SSSR count). The first-order valence-electron chi connectivity index (χ1n) is 8.87. The molecule has 25 heavy (non-hydrogen) atoms. The summed E-state index contributed by atoms with van der Waals surface area (Å²) in [7, 11) is -1.87. The lowest BCUT2D eigenvalue weighted by Crippen LogP contribution is -2.44. The Bertz CT molecular complexity index is 635. The first-order valence-corrected chi connectivity index (χ1v) is 11.8. The molecule has 1 heterocycles. The molecule has 0 aromatic carbocycles. The third-order valence-corrected chi connectivity index (χ3v) is 9.49. The molecule has 1 aliphatic heterocycles. The van der Waals surface area contributed by atoms with Gasteiger partial charge in [-0.15, -0.1) is 0 Å². The molecule has 6 heteroatoms. The highest BCUT2D eigenvalue weighted by atomic mass is 28.4. The molecule has 5 nitrogen and oxygen atoms in total. The third kappa shape index (κ3) is 4.42. The van der Waals surface area contributed by atoms with Crippen LogP contribution < -0.4 is 0 Å². The fourth-order valence-corrected chi connectivity index (χ4v) is 4.05. The SMILES string of the molecule is CC(C)(C)OC(=O)N1C(=O)C=C2CC(O[Si](C)(C)C(C)(C)C)CC=C21. The maximum atomic E-state index is 12.4. The van der Waals surface area contributed by atoms with E-state index < -0.39 is 20.0 Å². The molecule has 1 atom stereocenters. The second kappa shape index (κ2) is 6.40. The predicted octanol–water partition coefficient (Wildman–Crippen LogP) is 4.76. The number of allylic oxidation sites excluding steroid dienone is 1. The molecule has 0 aromatic heterocycles. The van der Waals surface area contributed by atoms with Crippen molar-refractivity contribution in [2.75, 3.05) is 0 Å². The summed E-state index contributed by atoms with van der Waals surface area (Å²) in [4.78, 5) is 25.8. The van der Waals surface area contributed by atoms with E-state index in [9.17, 15) is 9.59 Å². The average Bonchev–Trinajstić information content (AvgIpc) is 2.69. The molecule has 1 unspecified atom stereocenters. The minimum Gasteiger partial charge on any atom is -0.443 e. The molecule has 0 spiro atoms. The van der Waals surface area contributed by atoms with Gasteiger partial charge in [0.05, 0.1) is 11.8 Å². The van der Waals surface area contributed by atoms with Crippen LogP contribution in [0.5, 0.6) is 0 Å². The fourth-order valence-electron chi connectivity index (χ4n) is 2.69. The predicted molar refractivity (Wildman–Crippen MR) is 101 cm³/mol. The number of fused-ring (bicyclic) bond motifs is 1. The van der Waals surface area contributed by atoms with Crippen molar-refractivity contribution in [1.82, 2.24) is 4.90 Å². The normalized spacial score (nSPS) is 21.7. The van der Waals surface area contributed by atoms with Crippen LogP contribution in [0.25, 0.3) is 0 Å². The average molecular weight is 366 g/mol. The lowest BCUT2D eigenvalue weighted by Gasteiger charge is -2.40. The van der Waals surface area contributed by atoms with Gasteiger partial charge in [0.2, 0.25) is 0 Å². The second-order valence-corrected chi connectivity index (χ2v) is 14.1. The van der Waals surface area contributed by atoms with E-state index in [2.05, 4.69) is 33.9 Å². The highest BCUT2D eigenvalue weighted by Gasteiger charge is 2.42. The van der Waals surface area contributed by atoms with Gasteiger partial charge in [0.1, 0.15) is 5.60 Å². The van der Waals surface area contributed by atoms with Gasteiger partial charge in [0.25, 0.3) is 5.91 Å². The topological polar surface area (TPSA) is 55.8 Å². The van der Waals surface area contributed by atoms with Crippen LogP contribution in [-0.4, -0.2) is 36.9 Å². The quantitative estimate of drug-likeness (QED) is 0.662. The van der Waals surface area contributed by atoms with Gasteiger partial charge in [-0.05, 0) is 57.3 Å². The van der Waals surface area contributed by atoms with E-state index in [0.29, 0.717) is 18.5 Å². The standard InChI is InChI=1S/C19H31NO4Si/c1-18(2,3)23-17(22)20-15-10-9-14(11-13(15)12-16(20)21)24-25(7,8)19(4,5)6/h10,12,14H,9,11H2,1-8H3. The van der Waals surface area contributed by atoms with E-state index in [1.807, 2.05) is 6.08 Å². The van der Waals surface area contributed by atoms with E-state index in [4.69, 9.17) is 9.16 Å². The molecule has 2 aliphatic rings. The highest BCUT2D eigenvalue weighted by Crippen LogP contribution is 2.41. The van der Waals surface area contributed by atoms with Crippen LogP contribution in [0.15, 0.2) is 23.4 Å². The van der Waals surface area contributed by atoms with Crippen molar-refractivity contribution in [3.8, 4) is 0 Å². The van der Waals surface area contributed by atoms with Crippen LogP contribution in [0.1, 0.15) is 54.4 Å². The molecule has 1 aliphatic carbocycles. The van der Waals surface area contributed by atoms with E-state index in [1.54, 1.807) is 20.8 Å². The molecular weight excluding hydrogens is 334 g/mol. The summed E-state index contributed by atoms with van der Waals surface area (Å²) in [5.41, 5.74) is 0.892. The summed E-state index contributed by atoms with van der Waals surface area (Å²) < 4.78 is 11.8. The van der Waals surface area contributed by atoms with E-state index in [1.165, 1.54) is 6.08 Å². The van der Waals surface area contributed by atoms with Crippen molar-refractivity contribution in [3.63, 3.8) is 0 Å². The van der Waals surface area contributed by atoms with Gasteiger partial charge >= 0.3 is 6.09 Å². The Morgan fingerprint density at radius 3 is 2.32 bits per heavy atom. The molecule has 0 bridgehead atoms. The maximum absolute atomic E-state index is 12.4. The summed E-state index contributed by atoms with van der Waals surface area (Å²) in [6.07, 6.45) is 4.27. The van der Waals surface area contributed by atoms with Crippen molar-refractivity contribution in [2.24, 2.45) is 0 Å². The number of amides is 2. The van der Waals surface area contributed by atoms with Crippen LogP contribution in [0, 0.1) is 0 Å². The largest absolute Gasteiger partial charge is 0.443 e. The zero-order valence-corrected chi connectivity index (χ0v) is 17.7. The first kappa shape index (κ1) is 19.9. The van der Waals surface area contributed by atoms with Crippen LogP contribution in [-0.2, 0) is 14.0 Å². The molecule has 0 saturated heterocycles. The molecular formula is C19H31NO4Si. The van der Waals surface area contributed by atoms with Crippen LogP contribution in [0.3, 0.4) is 0 Å². The smallest absolute Gasteiger partial charge is 0.422 e. The van der Waals surface area contributed by atoms with Gasteiger partial charge in [-0.25, -0.2) is 9.69 Å². The summed E-state index contributed by atoms with van der Waals surface area (Å²) in [6.45, 7) is 16.5. The number of hydrogen-bond donors (Lipinski definition) is 0. The molecule has 140 valence electrons. The zero-order valence-electron chi connectivity index (χ0n) is 16.7. The molecule has 0 fully saturated rings. The number of carbonyl (C=O) groups excluding carboxylic acids is 2. The van der Waals surface area contributed by atoms with Gasteiger partial charge in [0, 0.05) is 6.08 Å². The van der Waals surface area contributed by atoms with Crippen molar-refractivity contribution >= 4 is 20.3 Å². The second-order valence-electron chi connectivity index (χ2n) is 9.35. The lowest BCUT2D eigenvalue weighted by molar-refractivity contribution is -0.122. The lowest BCUT2D eigenvalue weighted by atomic mass is 9.97. The summed E-state index contributed by atoms with van der Waals surface area (Å²) in [6, 6.07) is 0. The van der Waals surface area contributed by atoms with Gasteiger partial charge in [-0.1, -0.05) is 26.8 Å². The number of ether oxygens (including phenoxy) is 1. The number of carbonyl (C=O) groups is 2. The molecule has 0 saturated carbocycles. The Morgan fingerprint density at radius 2 is 1.80 bits per heavy atom. The number of imide groups is 1. The molecule has 0 N–H and O–H groups in total. The molecule has 0 radical (unpaired) electrons.